The third kappa shape index (κ3) is 3.50. The number of amides is 2. The van der Waals surface area contributed by atoms with E-state index in [0.29, 0.717) is 6.54 Å². The molecule has 0 saturated carbocycles. The highest BCUT2D eigenvalue weighted by atomic mass is 16.4. The summed E-state index contributed by atoms with van der Waals surface area (Å²) in [6, 6.07) is 0. The van der Waals surface area contributed by atoms with Crippen LogP contribution in [0.15, 0.2) is 0 Å². The lowest BCUT2D eigenvalue weighted by Gasteiger charge is -2.10. The van der Waals surface area contributed by atoms with Crippen LogP contribution in [0, 0.1) is 5.92 Å². The van der Waals surface area contributed by atoms with Crippen LogP contribution in [0.3, 0.4) is 0 Å². The second-order valence-corrected chi connectivity index (χ2v) is 3.64. The van der Waals surface area contributed by atoms with Crippen molar-refractivity contribution in [3.8, 4) is 0 Å². The van der Waals surface area contributed by atoms with Crippen molar-refractivity contribution in [2.45, 2.75) is 18.9 Å². The van der Waals surface area contributed by atoms with Crippen molar-refractivity contribution >= 4 is 17.8 Å². The molecule has 1 unspecified atom stereocenters. The number of aliphatic hydroxyl groups is 1. The van der Waals surface area contributed by atoms with Crippen molar-refractivity contribution in [1.82, 2.24) is 10.6 Å². The summed E-state index contributed by atoms with van der Waals surface area (Å²) in [5, 5.41) is 22.3. The Morgan fingerprint density at radius 1 is 1.56 bits per heavy atom. The van der Waals surface area contributed by atoms with E-state index in [1.165, 1.54) is 0 Å². The smallest absolute Gasteiger partial charge is 0.332 e. The molecule has 0 aromatic heterocycles. The Kier molecular flexibility index (Phi) is 4.24. The first-order valence-corrected chi connectivity index (χ1v) is 4.96. The molecule has 1 aliphatic rings. The van der Waals surface area contributed by atoms with Gasteiger partial charge in [-0.1, -0.05) is 0 Å². The molecular weight excluding hydrogens is 216 g/mol. The molecule has 1 rings (SSSR count). The van der Waals surface area contributed by atoms with Crippen LogP contribution in [0.2, 0.25) is 0 Å². The van der Waals surface area contributed by atoms with Gasteiger partial charge in [0.15, 0.2) is 6.10 Å². The van der Waals surface area contributed by atoms with Crippen molar-refractivity contribution in [3.63, 3.8) is 0 Å². The molecule has 0 aliphatic carbocycles. The van der Waals surface area contributed by atoms with E-state index in [0.717, 1.165) is 0 Å². The van der Waals surface area contributed by atoms with E-state index in [1.807, 2.05) is 0 Å². The van der Waals surface area contributed by atoms with Gasteiger partial charge in [0, 0.05) is 25.9 Å². The van der Waals surface area contributed by atoms with Gasteiger partial charge in [0.25, 0.3) is 0 Å². The van der Waals surface area contributed by atoms with E-state index >= 15 is 0 Å². The summed E-state index contributed by atoms with van der Waals surface area (Å²) in [4.78, 5) is 32.5. The van der Waals surface area contributed by atoms with E-state index < -0.39 is 18.0 Å². The van der Waals surface area contributed by atoms with Gasteiger partial charge in [0.2, 0.25) is 11.8 Å². The summed E-state index contributed by atoms with van der Waals surface area (Å²) in [5.41, 5.74) is 0. The number of carbonyl (C=O) groups is 3. The normalized spacial score (nSPS) is 21.3. The summed E-state index contributed by atoms with van der Waals surface area (Å²) in [6.07, 6.45) is -1.36. The Bertz CT molecular complexity index is 304. The Hall–Kier alpha value is -1.63. The fraction of sp³-hybridized carbons (Fsp3) is 0.667. The molecule has 2 atom stereocenters. The summed E-state index contributed by atoms with van der Waals surface area (Å²) in [7, 11) is 0. The average Bonchev–Trinajstić information content (AvgIpc) is 2.64. The number of aliphatic carboxylic acids is 1. The Balaban J connectivity index is 2.20. The predicted molar refractivity (Wildman–Crippen MR) is 52.4 cm³/mol. The minimum Gasteiger partial charge on any atom is -0.479 e. The Labute approximate surface area is 91.8 Å². The van der Waals surface area contributed by atoms with Gasteiger partial charge in [-0.25, -0.2) is 4.79 Å². The fourth-order valence-corrected chi connectivity index (χ4v) is 1.39. The van der Waals surface area contributed by atoms with Gasteiger partial charge >= 0.3 is 5.97 Å². The third-order valence-corrected chi connectivity index (χ3v) is 2.35. The van der Waals surface area contributed by atoms with Crippen LogP contribution in [-0.2, 0) is 14.4 Å². The molecule has 7 nitrogen and oxygen atoms in total. The first-order chi connectivity index (χ1) is 7.50. The number of carboxylic acid groups (broad SMARTS) is 1. The largest absolute Gasteiger partial charge is 0.479 e. The summed E-state index contributed by atoms with van der Waals surface area (Å²) in [6.45, 7) is 0.392. The van der Waals surface area contributed by atoms with Gasteiger partial charge in [-0.3, -0.25) is 9.59 Å². The van der Waals surface area contributed by atoms with Crippen LogP contribution in [0.4, 0.5) is 0 Å². The van der Waals surface area contributed by atoms with Crippen LogP contribution < -0.4 is 10.6 Å². The fourth-order valence-electron chi connectivity index (χ4n) is 1.39. The highest BCUT2D eigenvalue weighted by molar-refractivity contribution is 5.89. The van der Waals surface area contributed by atoms with Crippen LogP contribution in [0.1, 0.15) is 12.8 Å². The number of rotatable bonds is 5. The van der Waals surface area contributed by atoms with Crippen LogP contribution in [0.25, 0.3) is 0 Å². The molecule has 0 aromatic rings. The SMILES string of the molecule is O=C1CC(C(=O)NCC[C@H](O)C(=O)O)CN1. The molecule has 0 radical (unpaired) electrons. The summed E-state index contributed by atoms with van der Waals surface area (Å²) < 4.78 is 0. The van der Waals surface area contributed by atoms with Gasteiger partial charge < -0.3 is 20.8 Å². The predicted octanol–water partition coefficient (Wildman–Crippen LogP) is -1.93. The van der Waals surface area contributed by atoms with Gasteiger partial charge in [0.05, 0.1) is 5.92 Å². The molecule has 4 N–H and O–H groups in total. The van der Waals surface area contributed by atoms with Crippen molar-refractivity contribution in [1.29, 1.82) is 0 Å². The lowest BCUT2D eigenvalue weighted by Crippen LogP contribution is -2.35. The average molecular weight is 230 g/mol. The van der Waals surface area contributed by atoms with E-state index in [9.17, 15) is 14.4 Å². The molecule has 16 heavy (non-hydrogen) atoms. The molecule has 1 heterocycles. The van der Waals surface area contributed by atoms with Crippen LogP contribution in [0.5, 0.6) is 0 Å². The molecular formula is C9H14N2O5. The topological polar surface area (TPSA) is 116 Å². The number of carbonyl (C=O) groups excluding carboxylic acids is 2. The lowest BCUT2D eigenvalue weighted by atomic mass is 10.1. The molecule has 90 valence electrons. The Morgan fingerprint density at radius 3 is 2.75 bits per heavy atom. The zero-order chi connectivity index (χ0) is 12.1. The minimum absolute atomic E-state index is 0.0465. The quantitative estimate of drug-likeness (QED) is 0.439. The maximum atomic E-state index is 11.4. The van der Waals surface area contributed by atoms with Crippen molar-refractivity contribution in [2.24, 2.45) is 5.92 Å². The zero-order valence-electron chi connectivity index (χ0n) is 8.60. The van der Waals surface area contributed by atoms with E-state index in [-0.39, 0.29) is 31.2 Å². The molecule has 7 heteroatoms. The number of nitrogens with one attached hydrogen (secondary N) is 2. The summed E-state index contributed by atoms with van der Waals surface area (Å²) >= 11 is 0. The summed E-state index contributed by atoms with van der Waals surface area (Å²) in [5.74, 6) is -2.16. The van der Waals surface area contributed by atoms with Crippen molar-refractivity contribution < 1.29 is 24.6 Å². The third-order valence-electron chi connectivity index (χ3n) is 2.35. The van der Waals surface area contributed by atoms with Crippen molar-refractivity contribution in [2.75, 3.05) is 13.1 Å². The van der Waals surface area contributed by atoms with Gasteiger partial charge in [-0.15, -0.1) is 0 Å². The monoisotopic (exact) mass is 230 g/mol. The number of aliphatic hydroxyl groups excluding tert-OH is 1. The second kappa shape index (κ2) is 5.45. The van der Waals surface area contributed by atoms with Gasteiger partial charge in [-0.05, 0) is 0 Å². The van der Waals surface area contributed by atoms with Crippen molar-refractivity contribution in [3.05, 3.63) is 0 Å². The first kappa shape index (κ1) is 12.4. The molecule has 1 aliphatic heterocycles. The lowest BCUT2D eigenvalue weighted by molar-refractivity contribution is -0.147. The van der Waals surface area contributed by atoms with Crippen LogP contribution >= 0.6 is 0 Å². The molecule has 0 bridgehead atoms. The van der Waals surface area contributed by atoms with Crippen LogP contribution in [-0.4, -0.2) is 47.2 Å². The standard InChI is InChI=1S/C9H14N2O5/c12-6(9(15)16)1-2-10-8(14)5-3-7(13)11-4-5/h5-6,12H,1-4H2,(H,10,14)(H,11,13)(H,15,16)/t5?,6-/m0/s1. The number of hydrogen-bond donors (Lipinski definition) is 4. The zero-order valence-corrected chi connectivity index (χ0v) is 8.60. The maximum Gasteiger partial charge on any atom is 0.332 e. The highest BCUT2D eigenvalue weighted by Gasteiger charge is 2.27. The van der Waals surface area contributed by atoms with E-state index in [1.54, 1.807) is 0 Å². The molecule has 2 amide bonds. The van der Waals surface area contributed by atoms with Gasteiger partial charge in [-0.2, -0.15) is 0 Å². The maximum absolute atomic E-state index is 11.4. The Morgan fingerprint density at radius 2 is 2.25 bits per heavy atom. The molecule has 1 fully saturated rings. The molecule has 0 aromatic carbocycles. The van der Waals surface area contributed by atoms with E-state index in [2.05, 4.69) is 10.6 Å². The second-order valence-electron chi connectivity index (χ2n) is 3.64. The number of carboxylic acids is 1. The van der Waals surface area contributed by atoms with E-state index in [4.69, 9.17) is 10.2 Å². The molecule has 1 saturated heterocycles. The first-order valence-electron chi connectivity index (χ1n) is 4.96. The minimum atomic E-state index is -1.47. The number of hydrogen-bond acceptors (Lipinski definition) is 4. The molecule has 0 spiro atoms. The van der Waals surface area contributed by atoms with Gasteiger partial charge in [0.1, 0.15) is 0 Å². The highest BCUT2D eigenvalue weighted by Crippen LogP contribution is 2.08.